The van der Waals surface area contributed by atoms with Crippen LogP contribution in [0.25, 0.3) is 11.0 Å². The van der Waals surface area contributed by atoms with E-state index in [2.05, 4.69) is 20.4 Å². The molecular weight excluding hydrogens is 178 g/mol. The van der Waals surface area contributed by atoms with Crippen LogP contribution < -0.4 is 5.32 Å². The molecule has 2 aromatic heterocycles. The average molecular weight is 191 g/mol. The van der Waals surface area contributed by atoms with E-state index in [4.69, 9.17) is 0 Å². The summed E-state index contributed by atoms with van der Waals surface area (Å²) in [5.74, 6) is 1.60. The molecular formula is C9H13N5. The smallest absolute Gasteiger partial charge is 0.163 e. The lowest BCUT2D eigenvalue weighted by Gasteiger charge is -2.03. The fourth-order valence-electron chi connectivity index (χ4n) is 1.49. The Morgan fingerprint density at radius 1 is 1.43 bits per heavy atom. The largest absolute Gasteiger partial charge is 0.372 e. The second kappa shape index (κ2) is 3.25. The van der Waals surface area contributed by atoms with Crippen LogP contribution in [-0.2, 0) is 6.54 Å². The van der Waals surface area contributed by atoms with Crippen LogP contribution in [0.15, 0.2) is 6.20 Å². The van der Waals surface area contributed by atoms with Crippen molar-refractivity contribution in [3.05, 3.63) is 12.0 Å². The Balaban J connectivity index is 2.76. The van der Waals surface area contributed by atoms with Gasteiger partial charge in [0.05, 0.1) is 11.6 Å². The minimum Gasteiger partial charge on any atom is -0.372 e. The molecule has 0 atom stereocenters. The fourth-order valence-corrected chi connectivity index (χ4v) is 1.49. The Hall–Kier alpha value is -1.65. The summed E-state index contributed by atoms with van der Waals surface area (Å²) in [4.78, 5) is 8.66. The third kappa shape index (κ3) is 1.21. The average Bonchev–Trinajstić information content (AvgIpc) is 2.59. The second-order valence-electron chi connectivity index (χ2n) is 3.07. The molecule has 2 rings (SSSR count). The number of rotatable bonds is 2. The first-order chi connectivity index (χ1) is 6.76. The Bertz CT molecular complexity index is 459. The van der Waals surface area contributed by atoms with Crippen LogP contribution in [0.4, 0.5) is 5.82 Å². The van der Waals surface area contributed by atoms with Gasteiger partial charge < -0.3 is 5.32 Å². The third-order valence-electron chi connectivity index (χ3n) is 2.14. The van der Waals surface area contributed by atoms with Gasteiger partial charge >= 0.3 is 0 Å². The van der Waals surface area contributed by atoms with Crippen LogP contribution in [0.5, 0.6) is 0 Å². The van der Waals surface area contributed by atoms with Crippen molar-refractivity contribution in [2.24, 2.45) is 0 Å². The van der Waals surface area contributed by atoms with Crippen molar-refractivity contribution in [3.8, 4) is 0 Å². The van der Waals surface area contributed by atoms with Gasteiger partial charge in [-0.2, -0.15) is 5.10 Å². The highest BCUT2D eigenvalue weighted by Gasteiger charge is 2.08. The van der Waals surface area contributed by atoms with Crippen LogP contribution in [0.3, 0.4) is 0 Å². The molecule has 0 saturated heterocycles. The third-order valence-corrected chi connectivity index (χ3v) is 2.14. The summed E-state index contributed by atoms with van der Waals surface area (Å²) in [7, 11) is 1.85. The zero-order valence-electron chi connectivity index (χ0n) is 8.57. The molecule has 74 valence electrons. The maximum Gasteiger partial charge on any atom is 0.163 e. The summed E-state index contributed by atoms with van der Waals surface area (Å²) in [6.45, 7) is 4.75. The predicted molar refractivity (Wildman–Crippen MR) is 55.3 cm³/mol. The van der Waals surface area contributed by atoms with Gasteiger partial charge in [-0.05, 0) is 13.8 Å². The summed E-state index contributed by atoms with van der Waals surface area (Å²) in [5.41, 5.74) is 0.893. The zero-order valence-corrected chi connectivity index (χ0v) is 8.57. The van der Waals surface area contributed by atoms with E-state index in [1.807, 2.05) is 25.6 Å². The molecule has 1 N–H and O–H groups in total. The molecule has 0 spiro atoms. The van der Waals surface area contributed by atoms with Crippen molar-refractivity contribution >= 4 is 16.9 Å². The molecule has 0 aliphatic carbocycles. The second-order valence-corrected chi connectivity index (χ2v) is 3.07. The van der Waals surface area contributed by atoms with Crippen LogP contribution in [0, 0.1) is 6.92 Å². The Kier molecular flexibility index (Phi) is 2.07. The van der Waals surface area contributed by atoms with Crippen molar-refractivity contribution < 1.29 is 0 Å². The number of nitrogens with one attached hydrogen (secondary N) is 1. The van der Waals surface area contributed by atoms with Crippen molar-refractivity contribution in [1.29, 1.82) is 0 Å². The van der Waals surface area contributed by atoms with Crippen molar-refractivity contribution in [1.82, 2.24) is 19.7 Å². The van der Waals surface area contributed by atoms with E-state index in [9.17, 15) is 0 Å². The minimum absolute atomic E-state index is 0.761. The van der Waals surface area contributed by atoms with E-state index < -0.39 is 0 Å². The van der Waals surface area contributed by atoms with Gasteiger partial charge in [-0.25, -0.2) is 14.6 Å². The molecule has 0 bridgehead atoms. The molecule has 0 aromatic carbocycles. The van der Waals surface area contributed by atoms with Gasteiger partial charge in [0, 0.05) is 13.6 Å². The molecule has 0 unspecified atom stereocenters. The van der Waals surface area contributed by atoms with Gasteiger partial charge in [0.1, 0.15) is 11.6 Å². The maximum atomic E-state index is 4.36. The van der Waals surface area contributed by atoms with Crippen molar-refractivity contribution in [2.45, 2.75) is 20.4 Å². The molecule has 0 aliphatic heterocycles. The molecule has 5 heteroatoms. The normalized spacial score (nSPS) is 10.8. The first-order valence-corrected chi connectivity index (χ1v) is 4.64. The van der Waals surface area contributed by atoms with Crippen LogP contribution in [0.1, 0.15) is 12.7 Å². The van der Waals surface area contributed by atoms with Gasteiger partial charge in [0.2, 0.25) is 0 Å². The minimum atomic E-state index is 0.761. The van der Waals surface area contributed by atoms with Crippen LogP contribution >= 0.6 is 0 Å². The van der Waals surface area contributed by atoms with Crippen molar-refractivity contribution in [3.63, 3.8) is 0 Å². The van der Waals surface area contributed by atoms with E-state index >= 15 is 0 Å². The molecule has 0 fully saturated rings. The molecule has 5 nitrogen and oxygen atoms in total. The van der Waals surface area contributed by atoms with E-state index in [0.717, 1.165) is 29.2 Å². The number of aromatic nitrogens is 4. The van der Waals surface area contributed by atoms with E-state index in [-0.39, 0.29) is 0 Å². The Labute approximate surface area is 82.2 Å². The molecule has 0 radical (unpaired) electrons. The molecule has 0 saturated carbocycles. The zero-order chi connectivity index (χ0) is 10.1. The molecule has 2 aromatic rings. The predicted octanol–water partition coefficient (Wildman–Crippen LogP) is 1.20. The first-order valence-electron chi connectivity index (χ1n) is 4.64. The van der Waals surface area contributed by atoms with E-state index in [0.29, 0.717) is 0 Å². The molecule has 14 heavy (non-hydrogen) atoms. The van der Waals surface area contributed by atoms with E-state index in [1.54, 1.807) is 6.20 Å². The summed E-state index contributed by atoms with van der Waals surface area (Å²) < 4.78 is 1.87. The number of fused-ring (bicyclic) bond motifs is 1. The fraction of sp³-hybridized carbons (Fsp3) is 0.444. The van der Waals surface area contributed by atoms with Gasteiger partial charge in [-0.1, -0.05) is 0 Å². The lowest BCUT2D eigenvalue weighted by molar-refractivity contribution is 0.675. The topological polar surface area (TPSA) is 55.6 Å². The SMILES string of the molecule is CCn1ncc2c(NC)nc(C)nc21. The number of hydrogen-bond acceptors (Lipinski definition) is 4. The van der Waals surface area contributed by atoms with E-state index in [1.165, 1.54) is 0 Å². The molecule has 0 amide bonds. The molecule has 0 aliphatic rings. The standard InChI is InChI=1S/C9H13N5/c1-4-14-9-7(5-11-14)8(10-3)12-6(2)13-9/h5H,4H2,1-3H3,(H,10,12,13). The quantitative estimate of drug-likeness (QED) is 0.774. The van der Waals surface area contributed by atoms with Crippen molar-refractivity contribution in [2.75, 3.05) is 12.4 Å². The highest BCUT2D eigenvalue weighted by atomic mass is 15.3. The monoisotopic (exact) mass is 191 g/mol. The lowest BCUT2D eigenvalue weighted by Crippen LogP contribution is -2.01. The highest BCUT2D eigenvalue weighted by molar-refractivity contribution is 5.86. The van der Waals surface area contributed by atoms with Gasteiger partial charge in [-0.15, -0.1) is 0 Å². The van der Waals surface area contributed by atoms with Crippen LogP contribution in [0.2, 0.25) is 0 Å². The van der Waals surface area contributed by atoms with Gasteiger partial charge in [-0.3, -0.25) is 0 Å². The lowest BCUT2D eigenvalue weighted by atomic mass is 10.4. The summed E-state index contributed by atoms with van der Waals surface area (Å²) in [5, 5.41) is 8.25. The number of anilines is 1. The summed E-state index contributed by atoms with van der Waals surface area (Å²) >= 11 is 0. The number of nitrogens with zero attached hydrogens (tertiary/aromatic N) is 4. The Morgan fingerprint density at radius 2 is 2.21 bits per heavy atom. The van der Waals surface area contributed by atoms with Gasteiger partial charge in [0.25, 0.3) is 0 Å². The number of aryl methyl sites for hydroxylation is 2. The number of hydrogen-bond donors (Lipinski definition) is 1. The van der Waals surface area contributed by atoms with Crippen LogP contribution in [-0.4, -0.2) is 26.8 Å². The first kappa shape index (κ1) is 8.93. The Morgan fingerprint density at radius 3 is 2.86 bits per heavy atom. The molecule has 2 heterocycles. The summed E-state index contributed by atoms with van der Waals surface area (Å²) in [6.07, 6.45) is 1.80. The maximum absolute atomic E-state index is 4.36. The van der Waals surface area contributed by atoms with Gasteiger partial charge in [0.15, 0.2) is 5.65 Å². The highest BCUT2D eigenvalue weighted by Crippen LogP contribution is 2.18. The summed E-state index contributed by atoms with van der Waals surface area (Å²) in [6, 6.07) is 0.